The number of rotatable bonds is 6. The van der Waals surface area contributed by atoms with Gasteiger partial charge < -0.3 is 0 Å². The average molecular weight is 505 g/mol. The Balaban J connectivity index is 2.19. The molecule has 0 unspecified atom stereocenters. The van der Waals surface area contributed by atoms with E-state index in [4.69, 9.17) is 4.74 Å². The summed E-state index contributed by atoms with van der Waals surface area (Å²) in [7, 11) is 1.73. The van der Waals surface area contributed by atoms with Crippen molar-refractivity contribution in [1.29, 1.82) is 0 Å². The van der Waals surface area contributed by atoms with Crippen molar-refractivity contribution in [2.24, 2.45) is 0 Å². The van der Waals surface area contributed by atoms with E-state index in [0.29, 0.717) is 0 Å². The molecule has 0 aliphatic heterocycles. The number of halogens is 1. The number of ether oxygens (including phenoxy) is 1. The molecule has 0 radical (unpaired) electrons. The standard InChI is InChI=1S/C29H30BrOP/c1-22-12-5-8-17-27(22)32(30,28-18-9-6-13-23(28)2,29-19-10-7-14-24(29)3)21-25-15-11-16-26(20-25)31-4/h5-20H,21H2,1-4H3. The van der Waals surface area contributed by atoms with Crippen LogP contribution in [-0.4, -0.2) is 7.11 Å². The van der Waals surface area contributed by atoms with Crippen LogP contribution in [0, 0.1) is 20.8 Å². The third-order valence-corrected chi connectivity index (χ3v) is 16.1. The summed E-state index contributed by atoms with van der Waals surface area (Å²) >= 11 is 4.64. The molecule has 1 nitrogen and oxygen atoms in total. The molecule has 0 spiro atoms. The van der Waals surface area contributed by atoms with E-state index in [9.17, 15) is 0 Å². The van der Waals surface area contributed by atoms with Crippen LogP contribution in [0.4, 0.5) is 0 Å². The second-order valence-corrected chi connectivity index (χ2v) is 17.4. The van der Waals surface area contributed by atoms with Gasteiger partial charge in [-0.1, -0.05) is 0 Å². The van der Waals surface area contributed by atoms with Gasteiger partial charge in [0.2, 0.25) is 0 Å². The van der Waals surface area contributed by atoms with Gasteiger partial charge in [0, 0.05) is 0 Å². The predicted octanol–water partition coefficient (Wildman–Crippen LogP) is 6.96. The molecule has 0 N–H and O–H groups in total. The topological polar surface area (TPSA) is 9.23 Å². The Morgan fingerprint density at radius 2 is 1.06 bits per heavy atom. The molecule has 0 saturated carbocycles. The van der Waals surface area contributed by atoms with Crippen molar-refractivity contribution in [3.63, 3.8) is 0 Å². The summed E-state index contributed by atoms with van der Waals surface area (Å²) in [5.74, 6) is 0.888. The molecule has 0 atom stereocenters. The zero-order valence-electron chi connectivity index (χ0n) is 19.2. The van der Waals surface area contributed by atoms with Crippen molar-refractivity contribution in [2.45, 2.75) is 26.9 Å². The number of hydrogen-bond donors (Lipinski definition) is 0. The molecule has 0 fully saturated rings. The molecule has 32 heavy (non-hydrogen) atoms. The number of aryl methyl sites for hydroxylation is 3. The number of benzene rings is 4. The molecule has 0 heterocycles. The first-order valence-electron chi connectivity index (χ1n) is 10.9. The third kappa shape index (κ3) is 3.70. The number of methoxy groups -OCH3 is 1. The summed E-state index contributed by atoms with van der Waals surface area (Å²) in [5, 5.41) is 1.04. The van der Waals surface area contributed by atoms with Crippen molar-refractivity contribution < 1.29 is 4.74 Å². The van der Waals surface area contributed by atoms with Gasteiger partial charge in [-0.15, -0.1) is 0 Å². The molecule has 164 valence electrons. The molecule has 4 aromatic rings. The van der Waals surface area contributed by atoms with E-state index in [2.05, 4.69) is 127 Å². The first-order chi connectivity index (χ1) is 15.4. The average Bonchev–Trinajstić information content (AvgIpc) is 2.80. The molecule has 4 aromatic carbocycles. The van der Waals surface area contributed by atoms with Crippen LogP contribution in [0.2, 0.25) is 0 Å². The molecule has 0 aliphatic rings. The van der Waals surface area contributed by atoms with E-state index in [0.717, 1.165) is 11.9 Å². The second-order valence-electron chi connectivity index (χ2n) is 8.55. The summed E-state index contributed by atoms with van der Waals surface area (Å²) in [4.78, 5) is 0. The van der Waals surface area contributed by atoms with Crippen LogP contribution in [0.1, 0.15) is 22.3 Å². The van der Waals surface area contributed by atoms with Gasteiger partial charge in [-0.3, -0.25) is 0 Å². The van der Waals surface area contributed by atoms with E-state index in [1.807, 2.05) is 6.07 Å². The number of hydrogen-bond acceptors (Lipinski definition) is 1. The van der Waals surface area contributed by atoms with Gasteiger partial charge >= 0.3 is 201 Å². The maximum absolute atomic E-state index is 5.59. The van der Waals surface area contributed by atoms with Crippen LogP contribution in [0.25, 0.3) is 0 Å². The van der Waals surface area contributed by atoms with Crippen molar-refractivity contribution in [3.8, 4) is 5.75 Å². The van der Waals surface area contributed by atoms with Gasteiger partial charge in [-0.05, 0) is 0 Å². The summed E-state index contributed by atoms with van der Waals surface area (Å²) in [6.45, 7) is 6.71. The third-order valence-electron chi connectivity index (χ3n) is 6.47. The molecule has 0 aliphatic carbocycles. The molecule has 3 heteroatoms. The van der Waals surface area contributed by atoms with Crippen LogP contribution in [0.3, 0.4) is 0 Å². The first-order valence-corrected chi connectivity index (χ1v) is 15.4. The Kier molecular flexibility index (Phi) is 6.30. The van der Waals surface area contributed by atoms with Crippen molar-refractivity contribution in [2.75, 3.05) is 7.11 Å². The van der Waals surface area contributed by atoms with Crippen molar-refractivity contribution in [1.82, 2.24) is 0 Å². The van der Waals surface area contributed by atoms with E-state index in [1.54, 1.807) is 7.11 Å². The van der Waals surface area contributed by atoms with Gasteiger partial charge in [0.1, 0.15) is 0 Å². The van der Waals surface area contributed by atoms with Crippen molar-refractivity contribution in [3.05, 3.63) is 119 Å². The summed E-state index contributed by atoms with van der Waals surface area (Å²) in [6.07, 6.45) is 0.864. The molecular weight excluding hydrogens is 475 g/mol. The Bertz CT molecular complexity index is 1150. The molecule has 0 bridgehead atoms. The summed E-state index contributed by atoms with van der Waals surface area (Å²) in [6, 6.07) is 35.1. The van der Waals surface area contributed by atoms with E-state index < -0.39 is 5.31 Å². The Labute approximate surface area is 200 Å². The van der Waals surface area contributed by atoms with Crippen LogP contribution >= 0.6 is 20.8 Å². The monoisotopic (exact) mass is 504 g/mol. The normalized spacial score (nSPS) is 12.7. The zero-order chi connectivity index (χ0) is 22.8. The fourth-order valence-electron chi connectivity index (χ4n) is 5.02. The van der Waals surface area contributed by atoms with E-state index in [1.165, 1.54) is 38.2 Å². The summed E-state index contributed by atoms with van der Waals surface area (Å²) < 4.78 is 5.59. The quantitative estimate of drug-likeness (QED) is 0.258. The van der Waals surface area contributed by atoms with Gasteiger partial charge in [-0.2, -0.15) is 0 Å². The van der Waals surface area contributed by atoms with Crippen LogP contribution < -0.4 is 20.7 Å². The molecule has 0 aromatic heterocycles. The maximum atomic E-state index is 5.59. The fourth-order valence-corrected chi connectivity index (χ4v) is 15.3. The van der Waals surface area contributed by atoms with Crippen LogP contribution in [0.15, 0.2) is 97.1 Å². The van der Waals surface area contributed by atoms with Gasteiger partial charge in [0.05, 0.1) is 0 Å². The second kappa shape index (κ2) is 8.85. The van der Waals surface area contributed by atoms with Gasteiger partial charge in [0.15, 0.2) is 0 Å². The fraction of sp³-hybridized carbons (Fsp3) is 0.172. The Hall–Kier alpha value is -2.41. The van der Waals surface area contributed by atoms with Crippen LogP contribution in [-0.2, 0) is 6.16 Å². The summed E-state index contributed by atoms with van der Waals surface area (Å²) in [5.41, 5.74) is 5.16. The van der Waals surface area contributed by atoms with E-state index in [-0.39, 0.29) is 0 Å². The predicted molar refractivity (Wildman–Crippen MR) is 145 cm³/mol. The SMILES string of the molecule is COc1cccc(CP(Br)(c2ccccc2C)(c2ccccc2C)c2ccccc2C)c1. The minimum absolute atomic E-state index is 0.864. The zero-order valence-corrected chi connectivity index (χ0v) is 21.7. The van der Waals surface area contributed by atoms with E-state index >= 15 is 0 Å². The van der Waals surface area contributed by atoms with Crippen LogP contribution in [0.5, 0.6) is 5.75 Å². The molecule has 0 saturated heterocycles. The molecular formula is C29H30BrOP. The van der Waals surface area contributed by atoms with Crippen molar-refractivity contribution >= 4 is 36.7 Å². The Morgan fingerprint density at radius 1 is 0.625 bits per heavy atom. The Morgan fingerprint density at radius 3 is 1.47 bits per heavy atom. The molecule has 0 amide bonds. The van der Waals surface area contributed by atoms with Gasteiger partial charge in [0.25, 0.3) is 0 Å². The molecule has 4 rings (SSSR count). The first kappa shape index (κ1) is 22.8. The minimum atomic E-state index is -3.10. The van der Waals surface area contributed by atoms with Gasteiger partial charge in [-0.25, -0.2) is 0 Å².